The third kappa shape index (κ3) is 7.49. The Morgan fingerprint density at radius 1 is 1.09 bits per heavy atom. The molecule has 1 saturated heterocycles. The summed E-state index contributed by atoms with van der Waals surface area (Å²) in [6.45, 7) is 8.40. The monoisotopic (exact) mass is 670 g/mol. The van der Waals surface area contributed by atoms with Crippen molar-refractivity contribution < 1.29 is 31.5 Å². The van der Waals surface area contributed by atoms with Crippen LogP contribution in [0, 0.1) is 11.6 Å². The third-order valence-electron chi connectivity index (χ3n) is 7.66. The number of carbonyl (C=O) groups excluding carboxylic acids is 2. The van der Waals surface area contributed by atoms with Gasteiger partial charge in [-0.1, -0.05) is 6.92 Å². The number of ether oxygens (including phenoxy) is 1. The lowest BCUT2D eigenvalue weighted by Gasteiger charge is -2.32. The fraction of sp³-hybridized carbons (Fsp3) is 0.387. The Morgan fingerprint density at radius 3 is 2.38 bits per heavy atom. The molecule has 3 aromatic heterocycles. The minimum absolute atomic E-state index is 0.0204. The first-order valence-electron chi connectivity index (χ1n) is 15.0. The molecule has 0 radical (unpaired) electrons. The highest BCUT2D eigenvalue weighted by Gasteiger charge is 2.28. The van der Waals surface area contributed by atoms with Crippen LogP contribution in [0.1, 0.15) is 56.5 Å². The van der Waals surface area contributed by atoms with Gasteiger partial charge in [-0.3, -0.25) is 9.52 Å². The normalized spacial score (nSPS) is 14.4. The van der Waals surface area contributed by atoms with Crippen LogP contribution in [0.3, 0.4) is 0 Å². The maximum atomic E-state index is 15.5. The Morgan fingerprint density at radius 2 is 1.74 bits per heavy atom. The van der Waals surface area contributed by atoms with Crippen molar-refractivity contribution in [1.29, 1.82) is 0 Å². The van der Waals surface area contributed by atoms with Gasteiger partial charge in [-0.05, 0) is 51.8 Å². The molecule has 1 aliphatic heterocycles. The number of carbonyl (C=O) groups is 2. The van der Waals surface area contributed by atoms with Crippen LogP contribution in [0.15, 0.2) is 43.0 Å². The smallest absolute Gasteiger partial charge is 0.407 e. The third-order valence-corrected chi connectivity index (χ3v) is 9.22. The Hall–Kier alpha value is -4.70. The quantitative estimate of drug-likeness (QED) is 0.216. The minimum atomic E-state index is -4.13. The topological polar surface area (TPSA) is 163 Å². The summed E-state index contributed by atoms with van der Waals surface area (Å²) < 4.78 is 63.6. The van der Waals surface area contributed by atoms with Gasteiger partial charge < -0.3 is 19.9 Å². The summed E-state index contributed by atoms with van der Waals surface area (Å²) in [5.74, 6) is -2.96. The summed E-state index contributed by atoms with van der Waals surface area (Å²) in [4.78, 5) is 43.8. The lowest BCUT2D eigenvalue weighted by atomic mass is 10.0. The second-order valence-corrected chi connectivity index (χ2v) is 13.9. The number of H-pyrrole nitrogens is 1. The van der Waals surface area contributed by atoms with E-state index in [1.807, 2.05) is 25.7 Å². The molecule has 0 spiro atoms. The van der Waals surface area contributed by atoms with E-state index in [4.69, 9.17) is 4.74 Å². The van der Waals surface area contributed by atoms with E-state index < -0.39 is 50.6 Å². The standard InChI is InChI=1S/C31H36F2N8O5S/c1-6-40(5)47(44,45)39-24-8-7-23(32)25(26(24)33)27(42)22-17-35-28-21(22)13-18(14-34-28)19-15-36-29(37-16-19)41-11-9-20(10-12-41)38-30(43)46-31(2,3)4/h7-8,13-17,20,39H,6,9-12H2,1-5H3,(H,34,35)(H,38,43). The van der Waals surface area contributed by atoms with Gasteiger partial charge in [-0.25, -0.2) is 28.5 Å². The van der Waals surface area contributed by atoms with E-state index in [-0.39, 0.29) is 18.2 Å². The second kappa shape index (κ2) is 13.2. The average Bonchev–Trinajstić information content (AvgIpc) is 3.45. The molecule has 16 heteroatoms. The van der Waals surface area contributed by atoms with Crippen molar-refractivity contribution in [2.24, 2.45) is 0 Å². The van der Waals surface area contributed by atoms with E-state index in [0.717, 1.165) is 16.4 Å². The highest BCUT2D eigenvalue weighted by atomic mass is 32.2. The molecule has 3 N–H and O–H groups in total. The zero-order valence-electron chi connectivity index (χ0n) is 26.6. The molecule has 0 unspecified atom stereocenters. The van der Waals surface area contributed by atoms with Crippen molar-refractivity contribution in [3.05, 3.63) is 65.7 Å². The summed E-state index contributed by atoms with van der Waals surface area (Å²) in [5, 5.41) is 3.20. The molecule has 0 saturated carbocycles. The predicted octanol–water partition coefficient (Wildman–Crippen LogP) is 4.63. The van der Waals surface area contributed by atoms with Crippen molar-refractivity contribution >= 4 is 44.8 Å². The summed E-state index contributed by atoms with van der Waals surface area (Å²) in [6.07, 6.45) is 7.04. The van der Waals surface area contributed by atoms with Crippen LogP contribution in [0.4, 0.5) is 25.2 Å². The molecule has 0 bridgehead atoms. The summed E-state index contributed by atoms with van der Waals surface area (Å²) in [7, 11) is -2.84. The molecule has 1 aliphatic rings. The number of aromatic nitrogens is 4. The molecule has 0 atom stereocenters. The van der Waals surface area contributed by atoms with Gasteiger partial charge in [-0.15, -0.1) is 0 Å². The molecule has 5 rings (SSSR count). The van der Waals surface area contributed by atoms with Gasteiger partial charge >= 0.3 is 16.3 Å². The number of pyridine rings is 1. The SMILES string of the molecule is CCN(C)S(=O)(=O)Nc1ccc(F)c(C(=O)c2c[nH]c3ncc(-c4cnc(N5CCC(NC(=O)OC(C)(C)C)CC5)nc4)cc23)c1F. The Bertz CT molecular complexity index is 1900. The number of amides is 1. The van der Waals surface area contributed by atoms with Crippen molar-refractivity contribution in [3.63, 3.8) is 0 Å². The molecule has 13 nitrogen and oxygen atoms in total. The van der Waals surface area contributed by atoms with Crippen LogP contribution in [0.2, 0.25) is 0 Å². The van der Waals surface area contributed by atoms with Crippen LogP contribution >= 0.6 is 0 Å². The molecular formula is C31H36F2N8O5S. The molecule has 1 amide bonds. The number of nitrogens with zero attached hydrogens (tertiary/aromatic N) is 5. The van der Waals surface area contributed by atoms with E-state index in [1.54, 1.807) is 31.6 Å². The highest BCUT2D eigenvalue weighted by Crippen LogP contribution is 2.30. The first-order chi connectivity index (χ1) is 22.2. The van der Waals surface area contributed by atoms with E-state index in [2.05, 4.69) is 30.0 Å². The van der Waals surface area contributed by atoms with Crippen LogP contribution in [0.25, 0.3) is 22.2 Å². The fourth-order valence-electron chi connectivity index (χ4n) is 5.04. The molecule has 47 heavy (non-hydrogen) atoms. The van der Waals surface area contributed by atoms with Gasteiger partial charge in [0.25, 0.3) is 0 Å². The Labute approximate surface area is 270 Å². The number of nitrogens with one attached hydrogen (secondary N) is 3. The van der Waals surface area contributed by atoms with E-state index in [9.17, 15) is 22.4 Å². The first-order valence-corrected chi connectivity index (χ1v) is 16.4. The van der Waals surface area contributed by atoms with Gasteiger partial charge in [-0.2, -0.15) is 12.7 Å². The first kappa shape index (κ1) is 33.7. The maximum Gasteiger partial charge on any atom is 0.407 e. The number of ketones is 1. The number of piperidine rings is 1. The number of hydrogen-bond donors (Lipinski definition) is 3. The van der Waals surface area contributed by atoms with Gasteiger partial charge in [0.1, 0.15) is 17.1 Å². The van der Waals surface area contributed by atoms with E-state index in [0.29, 0.717) is 54.0 Å². The molecule has 250 valence electrons. The summed E-state index contributed by atoms with van der Waals surface area (Å²) >= 11 is 0. The summed E-state index contributed by atoms with van der Waals surface area (Å²) in [5.41, 5.74) is -0.640. The van der Waals surface area contributed by atoms with Crippen molar-refractivity contribution in [3.8, 4) is 11.1 Å². The fourth-order valence-corrected chi connectivity index (χ4v) is 5.97. The maximum absolute atomic E-state index is 15.5. The number of alkyl carbamates (subject to hydrolysis) is 1. The van der Waals surface area contributed by atoms with Crippen molar-refractivity contribution in [2.45, 2.75) is 52.2 Å². The second-order valence-electron chi connectivity index (χ2n) is 12.1. The number of fused-ring (bicyclic) bond motifs is 1. The van der Waals surface area contributed by atoms with Crippen LogP contribution in [0.5, 0.6) is 0 Å². The van der Waals surface area contributed by atoms with Gasteiger partial charge in [0.2, 0.25) is 11.7 Å². The van der Waals surface area contributed by atoms with E-state index >= 15 is 4.39 Å². The lowest BCUT2D eigenvalue weighted by molar-refractivity contribution is 0.0497. The number of halogens is 2. The Kier molecular flexibility index (Phi) is 9.45. The number of benzene rings is 1. The van der Waals surface area contributed by atoms with Crippen LogP contribution in [-0.4, -0.2) is 82.9 Å². The summed E-state index contributed by atoms with van der Waals surface area (Å²) in [6, 6.07) is 3.37. The number of hydrogen-bond acceptors (Lipinski definition) is 9. The van der Waals surface area contributed by atoms with Crippen LogP contribution in [-0.2, 0) is 14.9 Å². The zero-order chi connectivity index (χ0) is 34.1. The van der Waals surface area contributed by atoms with Crippen LogP contribution < -0.4 is 14.9 Å². The largest absolute Gasteiger partial charge is 0.444 e. The molecule has 0 aliphatic carbocycles. The van der Waals surface area contributed by atoms with Gasteiger partial charge in [0.15, 0.2) is 5.82 Å². The zero-order valence-corrected chi connectivity index (χ0v) is 27.4. The Balaban J connectivity index is 1.33. The molecule has 1 aromatic carbocycles. The number of aromatic amines is 1. The average molecular weight is 671 g/mol. The molecule has 4 heterocycles. The lowest BCUT2D eigenvalue weighted by Crippen LogP contribution is -2.46. The molecule has 4 aromatic rings. The number of rotatable bonds is 9. The minimum Gasteiger partial charge on any atom is -0.444 e. The molecule has 1 fully saturated rings. The van der Waals surface area contributed by atoms with Gasteiger partial charge in [0.05, 0.1) is 11.3 Å². The highest BCUT2D eigenvalue weighted by molar-refractivity contribution is 7.90. The van der Waals surface area contributed by atoms with Crippen molar-refractivity contribution in [2.75, 3.05) is 36.3 Å². The predicted molar refractivity (Wildman–Crippen MR) is 172 cm³/mol. The number of anilines is 2. The van der Waals surface area contributed by atoms with E-state index in [1.165, 1.54) is 13.2 Å². The molecular weight excluding hydrogens is 634 g/mol. The van der Waals surface area contributed by atoms with Crippen molar-refractivity contribution in [1.82, 2.24) is 29.6 Å². The van der Waals surface area contributed by atoms with Gasteiger partial charge in [0, 0.05) is 79.6 Å².